The summed E-state index contributed by atoms with van der Waals surface area (Å²) in [7, 11) is 0. The molecule has 0 amide bonds. The topological polar surface area (TPSA) is 91.5 Å². The van der Waals surface area contributed by atoms with Crippen molar-refractivity contribution in [2.75, 3.05) is 0 Å². The zero-order valence-electron chi connectivity index (χ0n) is 38.0. The van der Waals surface area contributed by atoms with Crippen LogP contribution in [0.4, 0.5) is 0 Å². The van der Waals surface area contributed by atoms with Crippen LogP contribution in [-0.4, -0.2) is 31.5 Å². The van der Waals surface area contributed by atoms with Gasteiger partial charge >= 0.3 is 0 Å². The summed E-state index contributed by atoms with van der Waals surface area (Å²) >= 11 is 0. The monoisotopic (exact) mass is 820 g/mol. The van der Waals surface area contributed by atoms with Crippen LogP contribution < -0.4 is 0 Å². The Kier molecular flexibility index (Phi) is 8.64. The molecule has 12 bridgehead atoms. The SMILES string of the molecule is CC1=C(C)c2cc3[nH]c(cc4[nH]c(c(C)c4C)c(-c4ccc(C56CCC(C78CCC(C9=CC(=O)C=CC9=O)(CC7)CC8)(CC5)CC6)cc4)c4nc(cc1n2)C(C)=C4C)c(C)c3C. The summed E-state index contributed by atoms with van der Waals surface area (Å²) in [6.45, 7) is 17.7. The van der Waals surface area contributed by atoms with E-state index in [0.717, 1.165) is 75.2 Å². The average molecular weight is 821 g/mol. The van der Waals surface area contributed by atoms with Crippen molar-refractivity contribution >= 4 is 55.9 Å². The van der Waals surface area contributed by atoms with Crippen molar-refractivity contribution in [2.24, 2.45) is 16.2 Å². The number of nitrogens with zero attached hydrogens (tertiary/aromatic N) is 2. The van der Waals surface area contributed by atoms with E-state index >= 15 is 0 Å². The van der Waals surface area contributed by atoms with E-state index in [-0.39, 0.29) is 22.4 Å². The maximum atomic E-state index is 13.0. The normalized spacial score (nSPS) is 28.1. The van der Waals surface area contributed by atoms with Crippen molar-refractivity contribution in [2.45, 2.75) is 138 Å². The summed E-state index contributed by atoms with van der Waals surface area (Å²) in [5.74, 6) is 0.0475. The fourth-order valence-corrected chi connectivity index (χ4v) is 13.7. The molecule has 2 N–H and O–H groups in total. The van der Waals surface area contributed by atoms with Crippen molar-refractivity contribution in [3.05, 3.63) is 117 Å². The van der Waals surface area contributed by atoms with Crippen LogP contribution in [0.25, 0.3) is 55.5 Å². The Balaban J connectivity index is 0.965. The lowest BCUT2D eigenvalue weighted by atomic mass is 9.37. The average Bonchev–Trinajstić information content (AvgIpc) is 3.93. The fraction of sp³-hybridized carbons (Fsp3) is 0.429. The van der Waals surface area contributed by atoms with Gasteiger partial charge in [0, 0.05) is 27.7 Å². The van der Waals surface area contributed by atoms with Crippen LogP contribution in [0.5, 0.6) is 0 Å². The lowest BCUT2D eigenvalue weighted by Crippen LogP contribution is -2.57. The highest BCUT2D eigenvalue weighted by molar-refractivity contribution is 6.18. The zero-order chi connectivity index (χ0) is 43.1. The minimum absolute atomic E-state index is 0.0208. The summed E-state index contributed by atoms with van der Waals surface area (Å²) in [4.78, 5) is 43.7. The first-order valence-electron chi connectivity index (χ1n) is 23.3. The van der Waals surface area contributed by atoms with Crippen LogP contribution in [0.1, 0.15) is 155 Å². The predicted molar refractivity (Wildman–Crippen MR) is 253 cm³/mol. The Morgan fingerprint density at radius 3 is 1.61 bits per heavy atom. The number of carbonyl (C=O) groups excluding carboxylic acids is 2. The van der Waals surface area contributed by atoms with E-state index in [4.69, 9.17) is 9.97 Å². The van der Waals surface area contributed by atoms with Gasteiger partial charge in [0.25, 0.3) is 0 Å². The van der Waals surface area contributed by atoms with Gasteiger partial charge in [-0.3, -0.25) is 9.59 Å². The molecule has 1 aromatic carbocycles. The number of benzene rings is 1. The molecule has 0 atom stereocenters. The van der Waals surface area contributed by atoms with Crippen LogP contribution in [0.3, 0.4) is 0 Å². The van der Waals surface area contributed by atoms with Gasteiger partial charge in [0.05, 0.1) is 28.3 Å². The molecule has 13 rings (SSSR count). The molecule has 2 aliphatic heterocycles. The molecule has 0 unspecified atom stereocenters. The molecule has 0 saturated heterocycles. The Hall–Kier alpha value is -5.36. The molecule has 6 saturated carbocycles. The summed E-state index contributed by atoms with van der Waals surface area (Å²) < 4.78 is 0. The number of aromatic nitrogens is 4. The molecule has 6 nitrogen and oxygen atoms in total. The van der Waals surface area contributed by atoms with Gasteiger partial charge in [-0.25, -0.2) is 9.97 Å². The molecule has 0 radical (unpaired) electrons. The first-order chi connectivity index (χ1) is 29.7. The van der Waals surface area contributed by atoms with E-state index in [2.05, 4.69) is 108 Å². The second-order valence-electron chi connectivity index (χ2n) is 20.8. The standard InChI is InChI=1S/C56H60N4O2/c1-31-33(3)45-29-47-35(5)37(7)51(59-47)50(52-38(8)36(6)48(60-52)30-46-34(4)32(2)44(58-46)28-43(31)57-45)39-9-11-40(12-10-39)53-15-21-55(22-16-53,23-17-53)56-24-18-54(19-25-56,20-26-56)42-27-41(61)13-14-49(42)62/h9-14,27-30,57,59H,15-26H2,1-8H3. The molecular formula is C56H60N4O2. The molecular weight excluding hydrogens is 761 g/mol. The maximum Gasteiger partial charge on any atom is 0.182 e. The number of hydrogen-bond donors (Lipinski definition) is 2. The maximum absolute atomic E-state index is 13.0. The van der Waals surface area contributed by atoms with E-state index in [9.17, 15) is 9.59 Å². The van der Waals surface area contributed by atoms with E-state index < -0.39 is 0 Å². The highest BCUT2D eigenvalue weighted by Crippen LogP contribution is 2.73. The molecule has 6 fully saturated rings. The predicted octanol–water partition coefficient (Wildman–Crippen LogP) is 13.7. The van der Waals surface area contributed by atoms with Gasteiger partial charge < -0.3 is 9.97 Å². The molecule has 316 valence electrons. The number of aromatic amines is 2. The molecule has 3 aromatic heterocycles. The molecule has 5 heterocycles. The number of allylic oxidation sites excluding steroid dienone is 8. The summed E-state index contributed by atoms with van der Waals surface area (Å²) in [6, 6.07) is 16.4. The van der Waals surface area contributed by atoms with Crippen molar-refractivity contribution in [1.29, 1.82) is 0 Å². The van der Waals surface area contributed by atoms with Crippen LogP contribution in [0, 0.1) is 43.9 Å². The summed E-state index contributed by atoms with van der Waals surface area (Å²) in [5.41, 5.74) is 23.8. The lowest BCUT2D eigenvalue weighted by molar-refractivity contribution is -0.142. The lowest BCUT2D eigenvalue weighted by Gasteiger charge is -2.67. The highest BCUT2D eigenvalue weighted by atomic mass is 16.1. The fourth-order valence-electron chi connectivity index (χ4n) is 13.7. The van der Waals surface area contributed by atoms with Gasteiger partial charge in [-0.15, -0.1) is 0 Å². The Morgan fingerprint density at radius 1 is 0.500 bits per heavy atom. The number of nitrogens with one attached hydrogen (secondary N) is 2. The number of fused-ring (bicyclic) bond motifs is 14. The number of rotatable bonds is 4. The van der Waals surface area contributed by atoms with Crippen LogP contribution >= 0.6 is 0 Å². The van der Waals surface area contributed by atoms with Crippen molar-refractivity contribution in [3.8, 4) is 11.1 Å². The van der Waals surface area contributed by atoms with Gasteiger partial charge in [-0.05, 0) is 246 Å². The third kappa shape index (κ3) is 5.53. The Morgan fingerprint density at radius 2 is 1.00 bits per heavy atom. The number of ketones is 2. The minimum atomic E-state index is -0.0912. The second kappa shape index (κ2) is 13.6. The number of H-pyrrole nitrogens is 2. The minimum Gasteiger partial charge on any atom is -0.355 e. The first kappa shape index (κ1) is 39.5. The summed E-state index contributed by atoms with van der Waals surface area (Å²) in [6.07, 6.45) is 19.1. The molecule has 9 aliphatic rings. The smallest absolute Gasteiger partial charge is 0.182 e. The number of aryl methyl sites for hydroxylation is 4. The van der Waals surface area contributed by atoms with Crippen molar-refractivity contribution in [3.63, 3.8) is 0 Å². The quantitative estimate of drug-likeness (QED) is 0.201. The summed E-state index contributed by atoms with van der Waals surface area (Å²) in [5, 5.41) is 0. The molecule has 0 spiro atoms. The zero-order valence-corrected chi connectivity index (χ0v) is 38.0. The molecule has 6 heteroatoms. The van der Waals surface area contributed by atoms with E-state index in [1.807, 2.05) is 0 Å². The van der Waals surface area contributed by atoms with E-state index in [1.165, 1.54) is 126 Å². The highest BCUT2D eigenvalue weighted by Gasteiger charge is 2.63. The molecule has 62 heavy (non-hydrogen) atoms. The third-order valence-electron chi connectivity index (χ3n) is 18.6. The number of hydrogen-bond acceptors (Lipinski definition) is 4. The van der Waals surface area contributed by atoms with Gasteiger partial charge in [-0.1, -0.05) is 24.3 Å². The number of carbonyl (C=O) groups is 2. The van der Waals surface area contributed by atoms with Crippen LogP contribution in [-0.2, 0) is 15.0 Å². The molecule has 7 aliphatic carbocycles. The van der Waals surface area contributed by atoms with E-state index in [0.29, 0.717) is 10.8 Å². The van der Waals surface area contributed by atoms with Crippen LogP contribution in [0.2, 0.25) is 0 Å². The Bertz CT molecular complexity index is 2940. The largest absolute Gasteiger partial charge is 0.355 e. The van der Waals surface area contributed by atoms with Crippen LogP contribution in [0.15, 0.2) is 66.3 Å². The second-order valence-corrected chi connectivity index (χ2v) is 20.8. The van der Waals surface area contributed by atoms with E-state index in [1.54, 1.807) is 6.08 Å². The Labute approximate surface area is 366 Å². The third-order valence-corrected chi connectivity index (χ3v) is 18.6. The van der Waals surface area contributed by atoms with Crippen molar-refractivity contribution in [1.82, 2.24) is 19.9 Å². The first-order valence-corrected chi connectivity index (χ1v) is 23.3. The van der Waals surface area contributed by atoms with Gasteiger partial charge in [0.2, 0.25) is 0 Å². The van der Waals surface area contributed by atoms with Gasteiger partial charge in [0.1, 0.15) is 0 Å². The molecule has 4 aromatic rings. The van der Waals surface area contributed by atoms with Gasteiger partial charge in [-0.2, -0.15) is 0 Å². The van der Waals surface area contributed by atoms with Gasteiger partial charge in [0.15, 0.2) is 11.6 Å². The van der Waals surface area contributed by atoms with Crippen molar-refractivity contribution < 1.29 is 9.59 Å².